The molecule has 3 amide bonds. The van der Waals surface area contributed by atoms with E-state index in [-0.39, 0.29) is 31.3 Å². The van der Waals surface area contributed by atoms with E-state index in [9.17, 15) is 49.5 Å². The van der Waals surface area contributed by atoms with Crippen molar-refractivity contribution in [2.75, 3.05) is 37.2 Å². The van der Waals surface area contributed by atoms with Crippen LogP contribution in [0, 0.1) is 12.3 Å². The van der Waals surface area contributed by atoms with Crippen LogP contribution in [-0.4, -0.2) is 116 Å². The molecule has 0 radical (unpaired) electrons. The Morgan fingerprint density at radius 3 is 2.24 bits per heavy atom. The smallest absolute Gasteiger partial charge is 0.391 e. The minimum Gasteiger partial charge on any atom is -0.391 e. The Labute approximate surface area is 423 Å². The summed E-state index contributed by atoms with van der Waals surface area (Å²) in [6, 6.07) is 16.7. The van der Waals surface area contributed by atoms with Crippen LogP contribution in [0.3, 0.4) is 0 Å². The number of aromatic nitrogens is 1. The maximum Gasteiger partial charge on any atom is 0.501 e. The molecule has 5 atom stereocenters. The van der Waals surface area contributed by atoms with Crippen molar-refractivity contribution in [1.82, 2.24) is 25.4 Å². The first-order chi connectivity index (χ1) is 33.3. The third kappa shape index (κ3) is 16.0. The van der Waals surface area contributed by atoms with Crippen LogP contribution >= 0.6 is 23.1 Å². The predicted molar refractivity (Wildman–Crippen MR) is 272 cm³/mol. The third-order valence-corrected chi connectivity index (χ3v) is 16.9. The van der Waals surface area contributed by atoms with Crippen LogP contribution in [0.15, 0.2) is 93.0 Å². The average Bonchev–Trinajstić information content (AvgIpc) is 3.93. The summed E-state index contributed by atoms with van der Waals surface area (Å²) in [7, 11) is -10.5. The molecule has 0 bridgehead atoms. The number of thiazole rings is 1. The maximum absolute atomic E-state index is 14.2. The molecule has 2 heterocycles. The van der Waals surface area contributed by atoms with Gasteiger partial charge >= 0.3 is 5.51 Å². The summed E-state index contributed by atoms with van der Waals surface area (Å²) in [6.45, 7) is 13.1. The zero-order valence-corrected chi connectivity index (χ0v) is 44.1. The number of carbonyl (C=O) groups is 3. The van der Waals surface area contributed by atoms with Gasteiger partial charge in [-0.1, -0.05) is 83.0 Å². The molecule has 0 saturated carbocycles. The number of halogens is 3. The van der Waals surface area contributed by atoms with Gasteiger partial charge in [0.05, 0.1) is 38.8 Å². The fourth-order valence-electron chi connectivity index (χ4n) is 8.27. The van der Waals surface area contributed by atoms with Crippen molar-refractivity contribution in [1.29, 1.82) is 0 Å². The summed E-state index contributed by atoms with van der Waals surface area (Å²) in [4.78, 5) is 49.0. The quantitative estimate of drug-likeness (QED) is 0.0337. The van der Waals surface area contributed by atoms with Gasteiger partial charge in [0.2, 0.25) is 27.7 Å². The van der Waals surface area contributed by atoms with Gasteiger partial charge in [-0.15, -0.1) is 23.1 Å². The number of likely N-dealkylation sites (tertiary alicyclic amines) is 1. The largest absolute Gasteiger partial charge is 0.501 e. The van der Waals surface area contributed by atoms with Gasteiger partial charge in [-0.05, 0) is 93.1 Å². The van der Waals surface area contributed by atoms with E-state index >= 15 is 0 Å². The summed E-state index contributed by atoms with van der Waals surface area (Å²) in [5.74, 6) is -0.803. The number of nitrogens with two attached hydrogens (primary N) is 1. The molecular weight excluding hydrogens is 1000 g/mol. The second-order valence-corrected chi connectivity index (χ2v) is 24.3. The van der Waals surface area contributed by atoms with Crippen LogP contribution < -0.4 is 21.1 Å². The van der Waals surface area contributed by atoms with E-state index in [4.69, 9.17) is 5.14 Å². The Balaban J connectivity index is 1.12. The van der Waals surface area contributed by atoms with Crippen molar-refractivity contribution in [3.8, 4) is 10.4 Å². The van der Waals surface area contributed by atoms with Crippen molar-refractivity contribution >= 4 is 66.4 Å². The van der Waals surface area contributed by atoms with Crippen LogP contribution in [0.5, 0.6) is 0 Å². The molecular formula is C49H66F3N7O8S4. The maximum atomic E-state index is 14.2. The Morgan fingerprint density at radius 1 is 0.958 bits per heavy atom. The molecule has 1 aliphatic heterocycles. The molecule has 1 aromatic heterocycles. The zero-order chi connectivity index (χ0) is 52.3. The number of alkyl halides is 3. The summed E-state index contributed by atoms with van der Waals surface area (Å²) in [5.41, 5.74) is -2.18. The first-order valence-electron chi connectivity index (χ1n) is 23.5. The number of rotatable bonds is 24. The molecule has 4 aromatic rings. The van der Waals surface area contributed by atoms with Gasteiger partial charge in [-0.3, -0.25) is 14.4 Å². The topological polar surface area (TPSA) is 221 Å². The van der Waals surface area contributed by atoms with Crippen molar-refractivity contribution in [2.24, 2.45) is 10.6 Å². The second kappa shape index (κ2) is 24.9. The van der Waals surface area contributed by atoms with E-state index in [1.165, 1.54) is 16.7 Å². The lowest BCUT2D eigenvalue weighted by Crippen LogP contribution is -2.57. The standard InChI is InChI=1S/C49H66F3N7O8S4/c1-7-58(26-24-36(30-68-38-15-11-10-12-16-38)56-40-23-22-39(71(53,66)67)28-42(40)70(64,65)49(50,51)52)25-14-9-8-13-17-43(61)57-45(48(4,5)6)47(63)59-29-37(60)27-41(59)46(62)55-32(2)34-18-20-35(21-19-34)44-33(3)54-31-69-44/h10-12,15-16,18-23,28,31-32,36-37,41,45,56,60H,7-9,13-14,17,24-27,29-30H2,1-6H3,(H,55,62)(H,57,61)(H2,53,66,67)/t32-,36+,37?,41-,45?/m0/s1. The average molecular weight is 1070 g/mol. The van der Waals surface area contributed by atoms with Gasteiger partial charge in [0.25, 0.3) is 9.84 Å². The molecule has 6 N–H and O–H groups in total. The highest BCUT2D eigenvalue weighted by Gasteiger charge is 2.49. The Kier molecular flexibility index (Phi) is 20.1. The van der Waals surface area contributed by atoms with E-state index in [1.54, 1.807) is 16.8 Å². The third-order valence-electron chi connectivity index (χ3n) is 12.4. The van der Waals surface area contributed by atoms with Crippen LogP contribution in [-0.2, 0) is 34.2 Å². The lowest BCUT2D eigenvalue weighted by atomic mass is 9.85. The number of aliphatic hydroxyl groups excluding tert-OH is 1. The number of nitrogens with zero attached hydrogens (tertiary/aromatic N) is 3. The molecule has 390 valence electrons. The molecule has 5 rings (SSSR count). The normalized spacial score (nSPS) is 16.9. The van der Waals surface area contributed by atoms with Gasteiger partial charge in [0.1, 0.15) is 17.0 Å². The molecule has 1 saturated heterocycles. The minimum absolute atomic E-state index is 0.0419. The number of hydrogen-bond donors (Lipinski definition) is 5. The van der Waals surface area contributed by atoms with Crippen LogP contribution in [0.25, 0.3) is 10.4 Å². The summed E-state index contributed by atoms with van der Waals surface area (Å²) in [6.07, 6.45) is 2.54. The lowest BCUT2D eigenvalue weighted by molar-refractivity contribution is -0.144. The minimum atomic E-state index is -5.97. The summed E-state index contributed by atoms with van der Waals surface area (Å²) in [5, 5.41) is 24.7. The number of primary sulfonamides is 1. The van der Waals surface area contributed by atoms with E-state index in [0.717, 1.165) is 51.6 Å². The molecule has 1 fully saturated rings. The fourth-order valence-corrected chi connectivity index (χ4v) is 11.6. The number of amides is 3. The summed E-state index contributed by atoms with van der Waals surface area (Å²) < 4.78 is 90.9. The molecule has 71 heavy (non-hydrogen) atoms. The predicted octanol–water partition coefficient (Wildman–Crippen LogP) is 7.66. The zero-order valence-electron chi connectivity index (χ0n) is 40.9. The molecule has 0 spiro atoms. The number of unbranched alkanes of at least 4 members (excludes halogenated alkanes) is 3. The van der Waals surface area contributed by atoms with Crippen LogP contribution in [0.1, 0.15) is 96.9 Å². The Bertz CT molecular complexity index is 2650. The lowest BCUT2D eigenvalue weighted by Gasteiger charge is -2.35. The van der Waals surface area contributed by atoms with E-state index in [2.05, 4.69) is 25.8 Å². The van der Waals surface area contributed by atoms with E-state index in [0.29, 0.717) is 50.7 Å². The summed E-state index contributed by atoms with van der Waals surface area (Å²) >= 11 is 2.98. The Hall–Kier alpha value is -4.58. The van der Waals surface area contributed by atoms with Gasteiger partial charge in [0.15, 0.2) is 0 Å². The van der Waals surface area contributed by atoms with Gasteiger partial charge in [0, 0.05) is 42.6 Å². The van der Waals surface area contributed by atoms with Crippen molar-refractivity contribution < 1.29 is 49.5 Å². The fraction of sp³-hybridized carbons (Fsp3) is 0.510. The molecule has 22 heteroatoms. The van der Waals surface area contributed by atoms with Crippen LogP contribution in [0.2, 0.25) is 0 Å². The first-order valence-corrected chi connectivity index (χ1v) is 28.4. The number of thioether (sulfide) groups is 1. The highest BCUT2D eigenvalue weighted by atomic mass is 32.2. The number of benzene rings is 3. The Morgan fingerprint density at radius 2 is 1.63 bits per heavy atom. The number of hydrogen-bond acceptors (Lipinski definition) is 13. The number of sulfone groups is 1. The number of β-amino-alcohol motifs (C(OH)–C–C–N with tert-alkyl or cyclic N) is 1. The van der Waals surface area contributed by atoms with Crippen molar-refractivity contribution in [3.63, 3.8) is 0 Å². The number of aryl methyl sites for hydroxylation is 1. The molecule has 3 aromatic carbocycles. The number of carbonyl (C=O) groups excluding carboxylic acids is 3. The first kappa shape index (κ1) is 57.3. The second-order valence-electron chi connectivity index (χ2n) is 18.9. The highest BCUT2D eigenvalue weighted by molar-refractivity contribution is 7.99. The van der Waals surface area contributed by atoms with E-state index < -0.39 is 82.3 Å². The SMILES string of the molecule is CCN(CCCCCCC(=O)NC(C(=O)N1CC(O)C[C@H]1C(=O)N[C@@H](C)c1ccc(-c2scnc2C)cc1)C(C)(C)C)CC[C@H](CSc1ccccc1)Nc1ccc(S(N)(=O)=O)cc1S(=O)(=O)C(F)(F)F. The number of aliphatic hydroxyl groups is 1. The van der Waals surface area contributed by atoms with Crippen molar-refractivity contribution in [2.45, 2.75) is 137 Å². The molecule has 2 unspecified atom stereocenters. The van der Waals surface area contributed by atoms with Gasteiger partial charge in [-0.25, -0.2) is 27.0 Å². The highest BCUT2D eigenvalue weighted by Crippen LogP contribution is 2.37. The number of nitrogens with one attached hydrogen (secondary N) is 3. The number of anilines is 1. The van der Waals surface area contributed by atoms with E-state index in [1.807, 2.05) is 96.1 Å². The van der Waals surface area contributed by atoms with Gasteiger partial charge in [-0.2, -0.15) is 13.2 Å². The molecule has 15 nitrogen and oxygen atoms in total. The molecule has 0 aliphatic carbocycles. The van der Waals surface area contributed by atoms with Crippen LogP contribution in [0.4, 0.5) is 18.9 Å². The number of sulfonamides is 1. The van der Waals surface area contributed by atoms with Gasteiger partial charge < -0.3 is 30.9 Å². The molecule has 1 aliphatic rings. The monoisotopic (exact) mass is 1070 g/mol. The van der Waals surface area contributed by atoms with Crippen molar-refractivity contribution in [3.05, 3.63) is 89.6 Å².